The molecule has 0 heterocycles. The predicted molar refractivity (Wildman–Crippen MR) is 101 cm³/mol. The second-order valence-electron chi connectivity index (χ2n) is 5.89. The van der Waals surface area contributed by atoms with Crippen molar-refractivity contribution in [2.75, 3.05) is 25.6 Å². The van der Waals surface area contributed by atoms with Gasteiger partial charge in [0.05, 0.1) is 7.11 Å². The predicted octanol–water partition coefficient (Wildman–Crippen LogP) is 2.22. The second kappa shape index (κ2) is 9.38. The molecule has 7 heteroatoms. The van der Waals surface area contributed by atoms with Gasteiger partial charge in [0.2, 0.25) is 0 Å². The van der Waals surface area contributed by atoms with E-state index in [9.17, 15) is 14.4 Å². The van der Waals surface area contributed by atoms with Crippen LogP contribution in [0.1, 0.15) is 21.5 Å². The zero-order valence-electron chi connectivity index (χ0n) is 15.5. The summed E-state index contributed by atoms with van der Waals surface area (Å²) in [5.74, 6) is -0.939. The summed E-state index contributed by atoms with van der Waals surface area (Å²) in [6, 6.07) is 12.1. The number of carbonyl (C=O) groups excluding carboxylic acids is 3. The number of hydrogen-bond donors (Lipinski definition) is 2. The lowest BCUT2D eigenvalue weighted by Crippen LogP contribution is -2.32. The summed E-state index contributed by atoms with van der Waals surface area (Å²) >= 11 is 0. The second-order valence-corrected chi connectivity index (χ2v) is 5.89. The normalized spacial score (nSPS) is 10.0. The van der Waals surface area contributed by atoms with Crippen molar-refractivity contribution in [2.45, 2.75) is 13.8 Å². The van der Waals surface area contributed by atoms with E-state index < -0.39 is 24.4 Å². The van der Waals surface area contributed by atoms with Crippen LogP contribution in [-0.4, -0.2) is 38.0 Å². The molecule has 0 unspecified atom stereocenters. The molecule has 0 aromatic heterocycles. The van der Waals surface area contributed by atoms with E-state index in [1.165, 1.54) is 7.11 Å². The molecule has 0 atom stereocenters. The van der Waals surface area contributed by atoms with Gasteiger partial charge < -0.3 is 20.1 Å². The molecule has 0 saturated carbocycles. The number of benzene rings is 2. The van der Waals surface area contributed by atoms with Crippen LogP contribution in [0.5, 0.6) is 5.75 Å². The van der Waals surface area contributed by atoms with Gasteiger partial charge in [-0.2, -0.15) is 0 Å². The molecule has 142 valence electrons. The third kappa shape index (κ3) is 5.85. The Hall–Kier alpha value is -3.35. The molecule has 2 rings (SSSR count). The number of anilines is 1. The van der Waals surface area contributed by atoms with Gasteiger partial charge in [0.25, 0.3) is 11.8 Å². The van der Waals surface area contributed by atoms with E-state index >= 15 is 0 Å². The first kappa shape index (κ1) is 20.0. The molecule has 0 bridgehead atoms. The van der Waals surface area contributed by atoms with Crippen molar-refractivity contribution < 1.29 is 23.9 Å². The number of aryl methyl sites for hydroxylation is 2. The van der Waals surface area contributed by atoms with Crippen molar-refractivity contribution in [2.24, 2.45) is 0 Å². The number of carbonyl (C=O) groups is 3. The minimum atomic E-state index is -0.700. The molecular formula is C20H22N2O5. The van der Waals surface area contributed by atoms with E-state index in [1.807, 2.05) is 32.0 Å². The summed E-state index contributed by atoms with van der Waals surface area (Å²) in [4.78, 5) is 35.7. The number of ether oxygens (including phenoxy) is 2. The molecule has 0 spiro atoms. The quantitative estimate of drug-likeness (QED) is 0.729. The van der Waals surface area contributed by atoms with Gasteiger partial charge in [-0.15, -0.1) is 0 Å². The van der Waals surface area contributed by atoms with Gasteiger partial charge in [0.1, 0.15) is 12.3 Å². The highest BCUT2D eigenvalue weighted by Gasteiger charge is 2.12. The maximum atomic E-state index is 12.0. The van der Waals surface area contributed by atoms with Gasteiger partial charge in [-0.05, 0) is 49.2 Å². The molecule has 0 radical (unpaired) electrons. The summed E-state index contributed by atoms with van der Waals surface area (Å²) < 4.78 is 9.91. The summed E-state index contributed by atoms with van der Waals surface area (Å²) in [6.07, 6.45) is 0. The summed E-state index contributed by atoms with van der Waals surface area (Å²) in [6.45, 7) is 3.00. The lowest BCUT2D eigenvalue weighted by Gasteiger charge is -2.11. The molecule has 0 fully saturated rings. The summed E-state index contributed by atoms with van der Waals surface area (Å²) in [5, 5.41) is 5.16. The van der Waals surface area contributed by atoms with E-state index in [2.05, 4.69) is 10.6 Å². The molecule has 0 aliphatic heterocycles. The van der Waals surface area contributed by atoms with E-state index in [-0.39, 0.29) is 6.54 Å². The van der Waals surface area contributed by atoms with Gasteiger partial charge in [-0.3, -0.25) is 14.4 Å². The van der Waals surface area contributed by atoms with Crippen LogP contribution in [0.15, 0.2) is 42.5 Å². The smallest absolute Gasteiger partial charge is 0.325 e. The fourth-order valence-electron chi connectivity index (χ4n) is 2.38. The topological polar surface area (TPSA) is 93.7 Å². The third-order valence-electron chi connectivity index (χ3n) is 3.86. The zero-order chi connectivity index (χ0) is 19.8. The van der Waals surface area contributed by atoms with E-state index in [0.29, 0.717) is 17.0 Å². The Morgan fingerprint density at radius 3 is 2.19 bits per heavy atom. The van der Waals surface area contributed by atoms with Crippen LogP contribution >= 0.6 is 0 Å². The van der Waals surface area contributed by atoms with Crippen molar-refractivity contribution in [3.63, 3.8) is 0 Å². The number of nitrogens with one attached hydrogen (secondary N) is 2. The van der Waals surface area contributed by atoms with Crippen molar-refractivity contribution in [1.29, 1.82) is 0 Å². The molecule has 7 nitrogen and oxygen atoms in total. The number of methoxy groups -OCH3 is 1. The Morgan fingerprint density at radius 1 is 0.963 bits per heavy atom. The number of hydrogen-bond acceptors (Lipinski definition) is 5. The van der Waals surface area contributed by atoms with Gasteiger partial charge >= 0.3 is 5.97 Å². The maximum absolute atomic E-state index is 12.0. The minimum Gasteiger partial charge on any atom is -0.497 e. The van der Waals surface area contributed by atoms with Crippen molar-refractivity contribution >= 4 is 23.5 Å². The zero-order valence-corrected chi connectivity index (χ0v) is 15.5. The Labute approximate surface area is 157 Å². The van der Waals surface area contributed by atoms with Crippen molar-refractivity contribution in [1.82, 2.24) is 5.32 Å². The third-order valence-corrected chi connectivity index (χ3v) is 3.86. The Morgan fingerprint density at radius 2 is 1.59 bits per heavy atom. The van der Waals surface area contributed by atoms with Crippen LogP contribution in [0.2, 0.25) is 0 Å². The van der Waals surface area contributed by atoms with Gasteiger partial charge in [-0.1, -0.05) is 18.2 Å². The van der Waals surface area contributed by atoms with E-state index in [1.54, 1.807) is 24.3 Å². The standard InChI is InChI=1S/C20H22N2O5/c1-13-5-4-6-14(2)19(13)22-17(23)12-27-18(24)11-21-20(25)15-7-9-16(26-3)10-8-15/h4-10H,11-12H2,1-3H3,(H,21,25)(H,22,23). The van der Waals surface area contributed by atoms with Crippen LogP contribution < -0.4 is 15.4 Å². The minimum absolute atomic E-state index is 0.332. The lowest BCUT2D eigenvalue weighted by molar-refractivity contribution is -0.146. The largest absolute Gasteiger partial charge is 0.497 e. The highest BCUT2D eigenvalue weighted by Crippen LogP contribution is 2.19. The molecule has 0 aliphatic rings. The Kier molecular flexibility index (Phi) is 6.93. The number of para-hydroxylation sites is 1. The molecule has 2 N–H and O–H groups in total. The van der Waals surface area contributed by atoms with Crippen LogP contribution in [0.25, 0.3) is 0 Å². The lowest BCUT2D eigenvalue weighted by atomic mass is 10.1. The SMILES string of the molecule is COc1ccc(C(=O)NCC(=O)OCC(=O)Nc2c(C)cccc2C)cc1. The van der Waals surface area contributed by atoms with Gasteiger partial charge in [0, 0.05) is 11.3 Å². The van der Waals surface area contributed by atoms with Crippen LogP contribution in [-0.2, 0) is 14.3 Å². The first-order valence-corrected chi connectivity index (χ1v) is 8.34. The molecule has 2 aromatic rings. The molecule has 0 aliphatic carbocycles. The first-order chi connectivity index (χ1) is 12.9. The van der Waals surface area contributed by atoms with Crippen LogP contribution in [0.4, 0.5) is 5.69 Å². The Bertz CT molecular complexity index is 811. The van der Waals surface area contributed by atoms with Crippen LogP contribution in [0.3, 0.4) is 0 Å². The molecular weight excluding hydrogens is 348 g/mol. The monoisotopic (exact) mass is 370 g/mol. The highest BCUT2D eigenvalue weighted by molar-refractivity contribution is 5.97. The van der Waals surface area contributed by atoms with E-state index in [0.717, 1.165) is 11.1 Å². The average molecular weight is 370 g/mol. The Balaban J connectivity index is 1.76. The summed E-state index contributed by atoms with van der Waals surface area (Å²) in [7, 11) is 1.53. The van der Waals surface area contributed by atoms with Gasteiger partial charge in [0.15, 0.2) is 6.61 Å². The van der Waals surface area contributed by atoms with Gasteiger partial charge in [-0.25, -0.2) is 0 Å². The molecule has 0 saturated heterocycles. The van der Waals surface area contributed by atoms with Crippen molar-refractivity contribution in [3.05, 3.63) is 59.2 Å². The maximum Gasteiger partial charge on any atom is 0.325 e. The number of amides is 2. The molecule has 2 aromatic carbocycles. The molecule has 27 heavy (non-hydrogen) atoms. The average Bonchev–Trinajstić information content (AvgIpc) is 2.67. The molecule has 2 amide bonds. The van der Waals surface area contributed by atoms with Crippen LogP contribution in [0, 0.1) is 13.8 Å². The fourth-order valence-corrected chi connectivity index (χ4v) is 2.38. The fraction of sp³-hybridized carbons (Fsp3) is 0.250. The first-order valence-electron chi connectivity index (χ1n) is 8.34. The number of rotatable bonds is 7. The van der Waals surface area contributed by atoms with E-state index in [4.69, 9.17) is 9.47 Å². The van der Waals surface area contributed by atoms with Crippen molar-refractivity contribution in [3.8, 4) is 5.75 Å². The highest BCUT2D eigenvalue weighted by atomic mass is 16.5. The number of esters is 1. The summed E-state index contributed by atoms with van der Waals surface area (Å²) in [5.41, 5.74) is 2.92.